The van der Waals surface area contributed by atoms with Crippen LogP contribution < -0.4 is 0 Å². The van der Waals surface area contributed by atoms with E-state index in [2.05, 4.69) is 4.98 Å². The van der Waals surface area contributed by atoms with Crippen LogP contribution in [0.25, 0.3) is 6.08 Å². The molecule has 1 aromatic heterocycles. The van der Waals surface area contributed by atoms with Crippen molar-refractivity contribution in [3.05, 3.63) is 69.8 Å². The summed E-state index contributed by atoms with van der Waals surface area (Å²) in [5.74, 6) is -0.665. The van der Waals surface area contributed by atoms with Gasteiger partial charge in [-0.3, -0.25) is 24.3 Å². The van der Waals surface area contributed by atoms with Crippen molar-refractivity contribution in [2.24, 2.45) is 0 Å². The number of carbonyl (C=O) groups is 3. The summed E-state index contributed by atoms with van der Waals surface area (Å²) in [6, 6.07) is 10.7. The monoisotopic (exact) mass is 441 g/mol. The van der Waals surface area contributed by atoms with E-state index in [9.17, 15) is 14.4 Å². The SMILES string of the molecule is O=C1S/C(=C\c2ccc(Cl)cc2)C(=O)N1CC(=O)N1CCCCC1c1cccnc1. The van der Waals surface area contributed by atoms with E-state index in [1.807, 2.05) is 12.1 Å². The number of carbonyl (C=O) groups excluding carboxylic acids is 3. The van der Waals surface area contributed by atoms with Crippen LogP contribution in [-0.4, -0.2) is 44.9 Å². The lowest BCUT2D eigenvalue weighted by Crippen LogP contribution is -2.45. The van der Waals surface area contributed by atoms with E-state index in [-0.39, 0.29) is 18.5 Å². The second-order valence-electron chi connectivity index (χ2n) is 7.20. The lowest BCUT2D eigenvalue weighted by atomic mass is 9.96. The zero-order chi connectivity index (χ0) is 21.1. The highest BCUT2D eigenvalue weighted by molar-refractivity contribution is 8.18. The Morgan fingerprint density at radius 2 is 2.00 bits per heavy atom. The maximum absolute atomic E-state index is 13.0. The normalized spacial score (nSPS) is 20.8. The lowest BCUT2D eigenvalue weighted by Gasteiger charge is -2.36. The van der Waals surface area contributed by atoms with E-state index in [1.165, 1.54) is 0 Å². The van der Waals surface area contributed by atoms with Gasteiger partial charge in [0.25, 0.3) is 11.1 Å². The Morgan fingerprint density at radius 1 is 1.20 bits per heavy atom. The summed E-state index contributed by atoms with van der Waals surface area (Å²) in [6.45, 7) is 0.356. The minimum Gasteiger partial charge on any atom is -0.334 e. The van der Waals surface area contributed by atoms with Crippen LogP contribution in [0, 0.1) is 0 Å². The zero-order valence-corrected chi connectivity index (χ0v) is 17.7. The Labute approximate surface area is 183 Å². The first-order valence-electron chi connectivity index (χ1n) is 9.73. The van der Waals surface area contributed by atoms with Gasteiger partial charge in [-0.15, -0.1) is 0 Å². The molecule has 0 bridgehead atoms. The number of hydrogen-bond acceptors (Lipinski definition) is 5. The van der Waals surface area contributed by atoms with Crippen molar-refractivity contribution in [3.63, 3.8) is 0 Å². The molecule has 30 heavy (non-hydrogen) atoms. The second kappa shape index (κ2) is 9.02. The fraction of sp³-hybridized carbons (Fsp3) is 0.273. The van der Waals surface area contributed by atoms with Crippen molar-refractivity contribution in [2.75, 3.05) is 13.1 Å². The van der Waals surface area contributed by atoms with Crippen LogP contribution in [0.3, 0.4) is 0 Å². The number of amides is 3. The van der Waals surface area contributed by atoms with Gasteiger partial charge in [0.1, 0.15) is 6.54 Å². The molecule has 2 aliphatic heterocycles. The highest BCUT2D eigenvalue weighted by atomic mass is 35.5. The van der Waals surface area contributed by atoms with Gasteiger partial charge < -0.3 is 4.90 Å². The van der Waals surface area contributed by atoms with E-state index in [0.717, 1.165) is 47.1 Å². The number of imide groups is 1. The smallest absolute Gasteiger partial charge is 0.294 e. The summed E-state index contributed by atoms with van der Waals surface area (Å²) in [4.78, 5) is 45.5. The Hall–Kier alpha value is -2.64. The number of piperidine rings is 1. The van der Waals surface area contributed by atoms with Gasteiger partial charge >= 0.3 is 0 Å². The predicted molar refractivity (Wildman–Crippen MR) is 117 cm³/mol. The molecule has 2 aromatic rings. The topological polar surface area (TPSA) is 70.6 Å². The molecule has 0 spiro atoms. The van der Waals surface area contributed by atoms with Gasteiger partial charge in [0.05, 0.1) is 10.9 Å². The molecule has 1 atom stereocenters. The molecule has 0 aliphatic carbocycles. The molecule has 0 saturated carbocycles. The number of nitrogens with zero attached hydrogens (tertiary/aromatic N) is 3. The van der Waals surface area contributed by atoms with Crippen LogP contribution in [0.1, 0.15) is 36.4 Å². The van der Waals surface area contributed by atoms with Crippen LogP contribution >= 0.6 is 23.4 Å². The average molecular weight is 442 g/mol. The Bertz CT molecular complexity index is 994. The molecule has 2 aliphatic rings. The number of benzene rings is 1. The highest BCUT2D eigenvalue weighted by Gasteiger charge is 2.38. The summed E-state index contributed by atoms with van der Waals surface area (Å²) >= 11 is 6.74. The van der Waals surface area contributed by atoms with Crippen molar-refractivity contribution in [3.8, 4) is 0 Å². The lowest BCUT2D eigenvalue weighted by molar-refractivity contribution is -0.138. The second-order valence-corrected chi connectivity index (χ2v) is 8.63. The molecule has 1 unspecified atom stereocenters. The number of hydrogen-bond donors (Lipinski definition) is 0. The first kappa shape index (κ1) is 20.6. The van der Waals surface area contributed by atoms with Gasteiger partial charge in [-0.1, -0.05) is 29.8 Å². The number of aromatic nitrogens is 1. The maximum atomic E-state index is 13.0. The summed E-state index contributed by atoms with van der Waals surface area (Å²) in [7, 11) is 0. The van der Waals surface area contributed by atoms with E-state index in [4.69, 9.17) is 11.6 Å². The molecule has 154 valence electrons. The Kier molecular flexibility index (Phi) is 6.20. The molecule has 3 heterocycles. The van der Waals surface area contributed by atoms with Crippen LogP contribution in [0.2, 0.25) is 5.02 Å². The molecule has 1 aromatic carbocycles. The number of pyridine rings is 1. The van der Waals surface area contributed by atoms with Crippen LogP contribution in [0.15, 0.2) is 53.7 Å². The molecule has 0 radical (unpaired) electrons. The summed E-state index contributed by atoms with van der Waals surface area (Å²) in [5.41, 5.74) is 1.74. The van der Waals surface area contributed by atoms with Crippen LogP contribution in [-0.2, 0) is 9.59 Å². The summed E-state index contributed by atoms with van der Waals surface area (Å²) in [5, 5.41) is 0.166. The van der Waals surface area contributed by atoms with Gasteiger partial charge in [0, 0.05) is 24.0 Å². The molecular formula is C22H20ClN3O3S. The quantitative estimate of drug-likeness (QED) is 0.652. The fourth-order valence-corrected chi connectivity index (χ4v) is 4.69. The number of likely N-dealkylation sites (tertiary alicyclic amines) is 1. The minimum absolute atomic E-state index is 0.0792. The molecular weight excluding hydrogens is 422 g/mol. The summed E-state index contributed by atoms with van der Waals surface area (Å²) < 4.78 is 0. The van der Waals surface area contributed by atoms with Crippen molar-refractivity contribution in [1.29, 1.82) is 0 Å². The third-order valence-corrected chi connectivity index (χ3v) is 6.39. The average Bonchev–Trinajstić information content (AvgIpc) is 3.03. The fourth-order valence-electron chi connectivity index (χ4n) is 3.72. The van der Waals surface area contributed by atoms with Crippen molar-refractivity contribution in [2.45, 2.75) is 25.3 Å². The molecule has 4 rings (SSSR count). The first-order valence-corrected chi connectivity index (χ1v) is 10.9. The van der Waals surface area contributed by atoms with Gasteiger partial charge in [-0.05, 0) is 66.4 Å². The van der Waals surface area contributed by atoms with Gasteiger partial charge in [0.2, 0.25) is 5.91 Å². The van der Waals surface area contributed by atoms with Crippen molar-refractivity contribution in [1.82, 2.24) is 14.8 Å². The molecule has 6 nitrogen and oxygen atoms in total. The molecule has 3 amide bonds. The number of thioether (sulfide) groups is 1. The predicted octanol–water partition coefficient (Wildman–Crippen LogP) is 4.53. The standard InChI is InChI=1S/C22H20ClN3O3S/c23-17-8-6-15(7-9-17)12-19-21(28)26(22(29)30-19)14-20(27)25-11-2-1-5-18(25)16-4-3-10-24-13-16/h3-4,6-10,12-13,18H,1-2,5,11,14H2/b19-12-. The summed E-state index contributed by atoms with van der Waals surface area (Å²) in [6.07, 6.45) is 7.88. The largest absolute Gasteiger partial charge is 0.334 e. The maximum Gasteiger partial charge on any atom is 0.294 e. The van der Waals surface area contributed by atoms with E-state index >= 15 is 0 Å². The van der Waals surface area contributed by atoms with Crippen molar-refractivity contribution >= 4 is 46.5 Å². The van der Waals surface area contributed by atoms with Gasteiger partial charge in [-0.2, -0.15) is 0 Å². The number of halogens is 1. The van der Waals surface area contributed by atoms with E-state index < -0.39 is 11.1 Å². The van der Waals surface area contributed by atoms with Gasteiger partial charge in [0.15, 0.2) is 0 Å². The minimum atomic E-state index is -0.441. The third-order valence-electron chi connectivity index (χ3n) is 5.23. The highest BCUT2D eigenvalue weighted by Crippen LogP contribution is 2.34. The van der Waals surface area contributed by atoms with E-state index in [1.54, 1.807) is 47.6 Å². The van der Waals surface area contributed by atoms with Gasteiger partial charge in [-0.25, -0.2) is 0 Å². The van der Waals surface area contributed by atoms with Crippen LogP contribution in [0.5, 0.6) is 0 Å². The zero-order valence-electron chi connectivity index (χ0n) is 16.2. The van der Waals surface area contributed by atoms with E-state index in [0.29, 0.717) is 16.5 Å². The molecule has 0 N–H and O–H groups in total. The Balaban J connectivity index is 1.49. The first-order chi connectivity index (χ1) is 14.5. The van der Waals surface area contributed by atoms with Crippen LogP contribution in [0.4, 0.5) is 4.79 Å². The Morgan fingerprint density at radius 3 is 2.73 bits per heavy atom. The van der Waals surface area contributed by atoms with Crippen molar-refractivity contribution < 1.29 is 14.4 Å². The third kappa shape index (κ3) is 4.42. The molecule has 2 saturated heterocycles. The molecule has 2 fully saturated rings. The number of rotatable bonds is 4. The molecule has 8 heteroatoms.